The third-order valence-corrected chi connectivity index (χ3v) is 2.81. The van der Waals surface area contributed by atoms with Crippen LogP contribution in [-0.4, -0.2) is 9.78 Å². The molecule has 2 rings (SSSR count). The Balaban J connectivity index is 2.46. The Morgan fingerprint density at radius 1 is 1.33 bits per heavy atom. The van der Waals surface area contributed by atoms with E-state index in [4.69, 9.17) is 11.6 Å². The second-order valence-corrected chi connectivity index (χ2v) is 4.23. The average molecular weight is 275 g/mol. The van der Waals surface area contributed by atoms with E-state index in [-0.39, 0.29) is 0 Å². The van der Waals surface area contributed by atoms with E-state index in [1.54, 1.807) is 18.2 Å². The van der Waals surface area contributed by atoms with Gasteiger partial charge in [0.05, 0.1) is 17.4 Å². The predicted octanol–water partition coefficient (Wildman–Crippen LogP) is 4.11. The number of hydrogen-bond donors (Lipinski definition) is 0. The van der Waals surface area contributed by atoms with Crippen molar-refractivity contribution in [3.8, 4) is 5.69 Å². The van der Waals surface area contributed by atoms with Gasteiger partial charge in [0.2, 0.25) is 0 Å². The normalized spacial score (nSPS) is 11.8. The SMILES string of the molecule is CCc1cc(Cl)ccc1-n1cc(C(F)(F)F)cn1. The molecule has 0 aliphatic carbocycles. The molecule has 1 aromatic heterocycles. The van der Waals surface area contributed by atoms with Crippen LogP contribution in [0.3, 0.4) is 0 Å². The Morgan fingerprint density at radius 2 is 2.06 bits per heavy atom. The van der Waals surface area contributed by atoms with Crippen LogP contribution in [0.25, 0.3) is 5.69 Å². The maximum atomic E-state index is 12.5. The van der Waals surface area contributed by atoms with E-state index in [0.29, 0.717) is 17.1 Å². The Kier molecular flexibility index (Phi) is 3.34. The van der Waals surface area contributed by atoms with Crippen molar-refractivity contribution >= 4 is 11.6 Å². The Hall–Kier alpha value is -1.49. The van der Waals surface area contributed by atoms with Gasteiger partial charge in [0, 0.05) is 11.2 Å². The monoisotopic (exact) mass is 274 g/mol. The van der Waals surface area contributed by atoms with Gasteiger partial charge in [-0.25, -0.2) is 4.68 Å². The summed E-state index contributed by atoms with van der Waals surface area (Å²) in [5.41, 5.74) is 0.691. The molecule has 0 saturated carbocycles. The first-order valence-corrected chi connectivity index (χ1v) is 5.70. The van der Waals surface area contributed by atoms with E-state index in [0.717, 1.165) is 18.0 Å². The Bertz CT molecular complexity index is 561. The van der Waals surface area contributed by atoms with Crippen LogP contribution in [0, 0.1) is 0 Å². The van der Waals surface area contributed by atoms with Crippen molar-refractivity contribution in [2.24, 2.45) is 0 Å². The lowest BCUT2D eigenvalue weighted by atomic mass is 10.1. The smallest absolute Gasteiger partial charge is 0.240 e. The molecule has 0 fully saturated rings. The zero-order valence-electron chi connectivity index (χ0n) is 9.50. The number of benzene rings is 1. The van der Waals surface area contributed by atoms with Crippen LogP contribution in [0.15, 0.2) is 30.6 Å². The fourth-order valence-corrected chi connectivity index (χ4v) is 1.86. The summed E-state index contributed by atoms with van der Waals surface area (Å²) in [6.45, 7) is 1.91. The first-order chi connectivity index (χ1) is 8.41. The van der Waals surface area contributed by atoms with E-state index < -0.39 is 11.7 Å². The minimum atomic E-state index is -4.38. The zero-order valence-corrected chi connectivity index (χ0v) is 10.3. The van der Waals surface area contributed by atoms with Gasteiger partial charge in [0.1, 0.15) is 0 Å². The fraction of sp³-hybridized carbons (Fsp3) is 0.250. The van der Waals surface area contributed by atoms with E-state index in [2.05, 4.69) is 5.10 Å². The molecule has 1 aromatic carbocycles. The standard InChI is InChI=1S/C12H10ClF3N2/c1-2-8-5-10(13)3-4-11(8)18-7-9(6-17-18)12(14,15)16/h3-7H,2H2,1H3. The number of hydrogen-bond acceptors (Lipinski definition) is 1. The van der Waals surface area contributed by atoms with Crippen LogP contribution in [0.2, 0.25) is 5.02 Å². The zero-order chi connectivity index (χ0) is 13.3. The highest BCUT2D eigenvalue weighted by Gasteiger charge is 2.32. The molecule has 0 saturated heterocycles. The Labute approximate surface area is 107 Å². The number of aryl methyl sites for hydroxylation is 1. The molecule has 18 heavy (non-hydrogen) atoms. The molecule has 2 aromatic rings. The van der Waals surface area contributed by atoms with E-state index in [1.807, 2.05) is 6.92 Å². The number of alkyl halides is 3. The van der Waals surface area contributed by atoms with E-state index in [1.165, 1.54) is 4.68 Å². The minimum Gasteiger partial charge on any atom is -0.240 e. The van der Waals surface area contributed by atoms with Gasteiger partial charge in [-0.15, -0.1) is 0 Å². The molecular formula is C12H10ClF3N2. The summed E-state index contributed by atoms with van der Waals surface area (Å²) in [5, 5.41) is 4.30. The third kappa shape index (κ3) is 2.51. The Morgan fingerprint density at radius 3 is 2.61 bits per heavy atom. The molecule has 0 spiro atoms. The molecule has 0 radical (unpaired) electrons. The fourth-order valence-electron chi connectivity index (χ4n) is 1.66. The molecule has 96 valence electrons. The van der Waals surface area contributed by atoms with Gasteiger partial charge in [-0.3, -0.25) is 0 Å². The van der Waals surface area contributed by atoms with Crippen molar-refractivity contribution < 1.29 is 13.2 Å². The third-order valence-electron chi connectivity index (χ3n) is 2.58. The number of halogens is 4. The van der Waals surface area contributed by atoms with E-state index in [9.17, 15) is 13.2 Å². The molecule has 0 aliphatic heterocycles. The molecular weight excluding hydrogens is 265 g/mol. The molecule has 6 heteroatoms. The van der Waals surface area contributed by atoms with Crippen molar-refractivity contribution in [2.45, 2.75) is 19.5 Å². The first kappa shape index (κ1) is 13.0. The molecule has 1 heterocycles. The summed E-state index contributed by atoms with van der Waals surface area (Å²) in [4.78, 5) is 0. The summed E-state index contributed by atoms with van der Waals surface area (Å²) >= 11 is 5.85. The number of aromatic nitrogens is 2. The van der Waals surface area contributed by atoms with Crippen LogP contribution in [0.4, 0.5) is 13.2 Å². The van der Waals surface area contributed by atoms with Gasteiger partial charge >= 0.3 is 6.18 Å². The second kappa shape index (κ2) is 4.65. The highest BCUT2D eigenvalue weighted by atomic mass is 35.5. The highest BCUT2D eigenvalue weighted by molar-refractivity contribution is 6.30. The molecule has 0 aliphatic rings. The summed E-state index contributed by atoms with van der Waals surface area (Å²) in [7, 11) is 0. The van der Waals surface area contributed by atoms with Crippen molar-refractivity contribution in [1.82, 2.24) is 9.78 Å². The maximum Gasteiger partial charge on any atom is 0.419 e. The summed E-state index contributed by atoms with van der Waals surface area (Å²) in [6, 6.07) is 5.02. The summed E-state index contributed by atoms with van der Waals surface area (Å²) in [5.74, 6) is 0. The van der Waals surface area contributed by atoms with Gasteiger partial charge < -0.3 is 0 Å². The van der Waals surface area contributed by atoms with Crippen molar-refractivity contribution in [2.75, 3.05) is 0 Å². The number of nitrogens with zero attached hydrogens (tertiary/aromatic N) is 2. The van der Waals surface area contributed by atoms with Crippen LogP contribution in [-0.2, 0) is 12.6 Å². The molecule has 0 unspecified atom stereocenters. The van der Waals surface area contributed by atoms with Gasteiger partial charge in [-0.05, 0) is 30.2 Å². The van der Waals surface area contributed by atoms with Crippen LogP contribution >= 0.6 is 11.6 Å². The average Bonchev–Trinajstić information content (AvgIpc) is 2.77. The lowest BCUT2D eigenvalue weighted by Crippen LogP contribution is -2.03. The first-order valence-electron chi connectivity index (χ1n) is 5.32. The summed E-state index contributed by atoms with van der Waals surface area (Å²) < 4.78 is 38.7. The van der Waals surface area contributed by atoms with Gasteiger partial charge in [0.15, 0.2) is 0 Å². The molecule has 0 N–H and O–H groups in total. The predicted molar refractivity (Wildman–Crippen MR) is 63.0 cm³/mol. The van der Waals surface area contributed by atoms with Gasteiger partial charge in [-0.1, -0.05) is 18.5 Å². The molecule has 0 bridgehead atoms. The highest BCUT2D eigenvalue weighted by Crippen LogP contribution is 2.29. The van der Waals surface area contributed by atoms with Crippen LogP contribution < -0.4 is 0 Å². The molecule has 0 amide bonds. The van der Waals surface area contributed by atoms with E-state index >= 15 is 0 Å². The van der Waals surface area contributed by atoms with Gasteiger partial charge in [-0.2, -0.15) is 18.3 Å². The lowest BCUT2D eigenvalue weighted by Gasteiger charge is -2.08. The van der Waals surface area contributed by atoms with Crippen LogP contribution in [0.5, 0.6) is 0 Å². The van der Waals surface area contributed by atoms with Crippen molar-refractivity contribution in [3.05, 3.63) is 46.7 Å². The van der Waals surface area contributed by atoms with Crippen molar-refractivity contribution in [1.29, 1.82) is 0 Å². The maximum absolute atomic E-state index is 12.5. The second-order valence-electron chi connectivity index (χ2n) is 3.80. The number of rotatable bonds is 2. The molecule has 0 atom stereocenters. The lowest BCUT2D eigenvalue weighted by molar-refractivity contribution is -0.137. The summed E-state index contributed by atoms with van der Waals surface area (Å²) in [6.07, 6.45) is -1.93. The molecule has 2 nitrogen and oxygen atoms in total. The quantitative estimate of drug-likeness (QED) is 0.806. The van der Waals surface area contributed by atoms with Gasteiger partial charge in [0.25, 0.3) is 0 Å². The topological polar surface area (TPSA) is 17.8 Å². The van der Waals surface area contributed by atoms with Crippen molar-refractivity contribution in [3.63, 3.8) is 0 Å². The minimum absolute atomic E-state index is 0.554. The largest absolute Gasteiger partial charge is 0.419 e. The van der Waals surface area contributed by atoms with Crippen LogP contribution in [0.1, 0.15) is 18.1 Å².